The molecule has 6 nitrogen and oxygen atoms in total. The van der Waals surface area contributed by atoms with Crippen molar-refractivity contribution in [3.05, 3.63) is 40.3 Å². The van der Waals surface area contributed by atoms with Crippen LogP contribution in [-0.2, 0) is 14.4 Å². The molecule has 2 N–H and O–H groups in total. The van der Waals surface area contributed by atoms with Crippen LogP contribution < -0.4 is 5.32 Å². The van der Waals surface area contributed by atoms with Crippen molar-refractivity contribution in [1.29, 1.82) is 0 Å². The van der Waals surface area contributed by atoms with Gasteiger partial charge in [-0.2, -0.15) is 0 Å². The van der Waals surface area contributed by atoms with E-state index in [2.05, 4.69) is 5.32 Å². The quantitative estimate of drug-likeness (QED) is 0.612. The first-order valence-electron chi connectivity index (χ1n) is 7.12. The summed E-state index contributed by atoms with van der Waals surface area (Å²) in [5.74, 6) is -2.07. The molecule has 24 heavy (non-hydrogen) atoms. The van der Waals surface area contributed by atoms with Crippen LogP contribution in [-0.4, -0.2) is 44.7 Å². The highest BCUT2D eigenvalue weighted by Crippen LogP contribution is 2.32. The van der Waals surface area contributed by atoms with Crippen molar-refractivity contribution >= 4 is 52.2 Å². The highest BCUT2D eigenvalue weighted by Gasteiger charge is 2.33. The van der Waals surface area contributed by atoms with Gasteiger partial charge in [0.15, 0.2) is 0 Å². The molecule has 1 aromatic rings. The van der Waals surface area contributed by atoms with Gasteiger partial charge in [0.1, 0.15) is 16.9 Å². The Kier molecular flexibility index (Phi) is 5.74. The van der Waals surface area contributed by atoms with Crippen molar-refractivity contribution in [2.24, 2.45) is 0 Å². The van der Waals surface area contributed by atoms with Crippen molar-refractivity contribution in [3.8, 4) is 0 Å². The lowest BCUT2D eigenvalue weighted by atomic mass is 10.1. The molecule has 1 saturated heterocycles. The molecule has 1 aromatic carbocycles. The van der Waals surface area contributed by atoms with Gasteiger partial charge < -0.3 is 10.4 Å². The maximum absolute atomic E-state index is 12.4. The molecule has 0 aliphatic carbocycles. The summed E-state index contributed by atoms with van der Waals surface area (Å²) in [6, 6.07) is 6.63. The van der Waals surface area contributed by atoms with Gasteiger partial charge in [0, 0.05) is 0 Å². The molecule has 1 aliphatic rings. The Morgan fingerprint density at radius 3 is 2.58 bits per heavy atom. The molecule has 2 rings (SSSR count). The third kappa shape index (κ3) is 4.42. The van der Waals surface area contributed by atoms with Crippen LogP contribution in [0.3, 0.4) is 0 Å². The van der Waals surface area contributed by atoms with Crippen molar-refractivity contribution in [2.45, 2.75) is 19.9 Å². The van der Waals surface area contributed by atoms with E-state index in [-0.39, 0.29) is 16.8 Å². The molecule has 1 aliphatic heterocycles. The van der Waals surface area contributed by atoms with Gasteiger partial charge in [0.2, 0.25) is 5.91 Å². The van der Waals surface area contributed by atoms with E-state index in [9.17, 15) is 14.4 Å². The molecule has 0 aromatic heterocycles. The lowest BCUT2D eigenvalue weighted by Crippen LogP contribution is -2.45. The van der Waals surface area contributed by atoms with E-state index in [0.717, 1.165) is 22.9 Å². The third-order valence-electron chi connectivity index (χ3n) is 3.30. The number of benzene rings is 1. The van der Waals surface area contributed by atoms with Gasteiger partial charge in [0.25, 0.3) is 5.91 Å². The average Bonchev–Trinajstić information content (AvgIpc) is 2.77. The van der Waals surface area contributed by atoms with Crippen molar-refractivity contribution in [3.63, 3.8) is 0 Å². The number of carboxylic acid groups (broad SMARTS) is 1. The summed E-state index contributed by atoms with van der Waals surface area (Å²) in [4.78, 5) is 36.6. The summed E-state index contributed by atoms with van der Waals surface area (Å²) in [5.41, 5.74) is 1.98. The van der Waals surface area contributed by atoms with Gasteiger partial charge in [-0.1, -0.05) is 53.8 Å². The van der Waals surface area contributed by atoms with E-state index < -0.39 is 17.9 Å². The van der Waals surface area contributed by atoms with Crippen molar-refractivity contribution in [2.75, 3.05) is 6.54 Å². The maximum atomic E-state index is 12.4. The summed E-state index contributed by atoms with van der Waals surface area (Å²) in [5, 5.41) is 11.1. The highest BCUT2D eigenvalue weighted by molar-refractivity contribution is 8.26. The lowest BCUT2D eigenvalue weighted by Gasteiger charge is -2.15. The topological polar surface area (TPSA) is 86.7 Å². The van der Waals surface area contributed by atoms with Crippen LogP contribution in [0, 0.1) is 6.92 Å². The summed E-state index contributed by atoms with van der Waals surface area (Å²) < 4.78 is 0.275. The van der Waals surface area contributed by atoms with Crippen molar-refractivity contribution < 1.29 is 19.5 Å². The maximum Gasteiger partial charge on any atom is 0.325 e. The third-order valence-corrected chi connectivity index (χ3v) is 4.68. The molecule has 8 heteroatoms. The molecule has 1 fully saturated rings. The molecule has 126 valence electrons. The van der Waals surface area contributed by atoms with Crippen LogP contribution in [0.25, 0.3) is 6.08 Å². The van der Waals surface area contributed by atoms with Crippen molar-refractivity contribution in [1.82, 2.24) is 10.2 Å². The lowest BCUT2D eigenvalue weighted by molar-refractivity contribution is -0.141. The highest BCUT2D eigenvalue weighted by atomic mass is 32.2. The number of carbonyl (C=O) groups excluding carboxylic acids is 2. The van der Waals surface area contributed by atoms with Crippen LogP contribution in [0.4, 0.5) is 0 Å². The predicted octanol–water partition coefficient (Wildman–Crippen LogP) is 1.79. The summed E-state index contributed by atoms with van der Waals surface area (Å²) >= 11 is 6.27. The van der Waals surface area contributed by atoms with E-state index in [1.807, 2.05) is 31.2 Å². The Hall–Kier alpha value is -2.19. The van der Waals surface area contributed by atoms with Gasteiger partial charge in [-0.3, -0.25) is 19.3 Å². The van der Waals surface area contributed by atoms with Crippen LogP contribution in [0.1, 0.15) is 18.1 Å². The number of nitrogens with one attached hydrogen (secondary N) is 1. The number of aliphatic carboxylic acids is 1. The Balaban J connectivity index is 2.07. The standard InChI is InChI=1S/C16H16N2O4S2/c1-9-3-5-11(6-4-9)7-12-14(20)18(16(23)24-12)8-13(19)17-10(2)15(21)22/h3-7,10H,8H2,1-2H3,(H,17,19)(H,21,22)/b12-7+/t10-/m0/s1. The van der Waals surface area contributed by atoms with E-state index in [0.29, 0.717) is 4.91 Å². The fourth-order valence-corrected chi connectivity index (χ4v) is 3.20. The number of rotatable bonds is 5. The van der Waals surface area contributed by atoms with E-state index >= 15 is 0 Å². The summed E-state index contributed by atoms with van der Waals surface area (Å²) in [6.45, 7) is 3.02. The molecule has 0 radical (unpaired) electrons. The minimum Gasteiger partial charge on any atom is -0.480 e. The number of nitrogens with zero attached hydrogens (tertiary/aromatic N) is 1. The zero-order chi connectivity index (χ0) is 17.9. The van der Waals surface area contributed by atoms with E-state index in [1.54, 1.807) is 6.08 Å². The first-order valence-corrected chi connectivity index (χ1v) is 8.34. The molecule has 0 saturated carbocycles. The first-order chi connectivity index (χ1) is 11.3. The van der Waals surface area contributed by atoms with E-state index in [1.165, 1.54) is 11.8 Å². The Morgan fingerprint density at radius 2 is 2.00 bits per heavy atom. The second-order valence-electron chi connectivity index (χ2n) is 5.31. The number of hydrogen-bond acceptors (Lipinski definition) is 5. The number of carboxylic acids is 1. The molecule has 1 heterocycles. The second kappa shape index (κ2) is 7.59. The minimum absolute atomic E-state index is 0.275. The minimum atomic E-state index is -1.15. The van der Waals surface area contributed by atoms with Gasteiger partial charge in [-0.25, -0.2) is 0 Å². The molecule has 0 bridgehead atoms. The van der Waals surface area contributed by atoms with Crippen LogP contribution in [0.5, 0.6) is 0 Å². The number of amides is 2. The molecular weight excluding hydrogens is 348 g/mol. The van der Waals surface area contributed by atoms with Gasteiger partial charge in [0.05, 0.1) is 4.91 Å². The number of hydrogen-bond donors (Lipinski definition) is 2. The molecular formula is C16H16N2O4S2. The van der Waals surface area contributed by atoms with Gasteiger partial charge >= 0.3 is 5.97 Å². The molecule has 1 atom stereocenters. The van der Waals surface area contributed by atoms with E-state index in [4.69, 9.17) is 17.3 Å². The van der Waals surface area contributed by atoms with Crippen LogP contribution in [0.15, 0.2) is 29.2 Å². The zero-order valence-corrected chi connectivity index (χ0v) is 14.7. The molecule has 0 spiro atoms. The van der Waals surface area contributed by atoms with Gasteiger partial charge in [-0.05, 0) is 25.5 Å². The largest absolute Gasteiger partial charge is 0.480 e. The number of thiocarbonyl (C=S) groups is 1. The summed E-state index contributed by atoms with van der Waals surface area (Å²) in [6.07, 6.45) is 1.72. The van der Waals surface area contributed by atoms with Crippen LogP contribution in [0.2, 0.25) is 0 Å². The average molecular weight is 364 g/mol. The molecule has 0 unspecified atom stereocenters. The van der Waals surface area contributed by atoms with Crippen LogP contribution >= 0.6 is 24.0 Å². The van der Waals surface area contributed by atoms with Gasteiger partial charge in [-0.15, -0.1) is 0 Å². The number of thioether (sulfide) groups is 1. The summed E-state index contributed by atoms with van der Waals surface area (Å²) in [7, 11) is 0. The fraction of sp³-hybridized carbons (Fsp3) is 0.250. The zero-order valence-electron chi connectivity index (χ0n) is 13.1. The normalized spacial score (nSPS) is 17.2. The Labute approximate surface area is 148 Å². The monoisotopic (exact) mass is 364 g/mol. The SMILES string of the molecule is Cc1ccc(/C=C2/SC(=S)N(CC(=O)N[C@@H](C)C(=O)O)C2=O)cc1. The Bertz CT molecular complexity index is 728. The molecule has 2 amide bonds. The smallest absolute Gasteiger partial charge is 0.325 e. The predicted molar refractivity (Wildman–Crippen MR) is 96.3 cm³/mol. The first kappa shape index (κ1) is 18.2. The fourth-order valence-electron chi connectivity index (χ4n) is 1.94. The number of aryl methyl sites for hydroxylation is 1. The Morgan fingerprint density at radius 1 is 1.38 bits per heavy atom. The number of carbonyl (C=O) groups is 3. The second-order valence-corrected chi connectivity index (χ2v) is 6.98.